The van der Waals surface area contributed by atoms with E-state index in [4.69, 9.17) is 0 Å². The molecule has 0 spiro atoms. The van der Waals surface area contributed by atoms with Gasteiger partial charge in [0.1, 0.15) is 11.6 Å². The number of pyridine rings is 1. The van der Waals surface area contributed by atoms with Gasteiger partial charge in [0.15, 0.2) is 0 Å². The summed E-state index contributed by atoms with van der Waals surface area (Å²) in [6.07, 6.45) is 0. The fourth-order valence-corrected chi connectivity index (χ4v) is 1.78. The van der Waals surface area contributed by atoms with Gasteiger partial charge in [0.05, 0.1) is 5.56 Å². The Morgan fingerprint density at radius 1 is 1.14 bits per heavy atom. The number of hydrogen-bond acceptors (Lipinski definition) is 3. The monoisotopic (exact) mass is 287 g/mol. The summed E-state index contributed by atoms with van der Waals surface area (Å²) < 4.78 is 13.7. The number of carbonyl (C=O) groups excluding carboxylic acids is 2. The Hall–Kier alpha value is -2.76. The minimum Gasteiger partial charge on any atom is -0.326 e. The first-order valence-electron chi connectivity index (χ1n) is 6.28. The Morgan fingerprint density at radius 3 is 2.57 bits per heavy atom. The first kappa shape index (κ1) is 14.6. The molecule has 0 atom stereocenters. The maximum Gasteiger partial charge on any atom is 0.259 e. The Morgan fingerprint density at radius 2 is 1.90 bits per heavy atom. The van der Waals surface area contributed by atoms with Crippen LogP contribution in [-0.2, 0) is 4.79 Å². The highest BCUT2D eigenvalue weighted by Crippen LogP contribution is 2.16. The summed E-state index contributed by atoms with van der Waals surface area (Å²) >= 11 is 0. The topological polar surface area (TPSA) is 71.1 Å². The number of halogens is 1. The molecule has 0 aliphatic rings. The zero-order valence-electron chi connectivity index (χ0n) is 11.6. The summed E-state index contributed by atoms with van der Waals surface area (Å²) in [7, 11) is 0. The second-order valence-corrected chi connectivity index (χ2v) is 4.49. The Balaban J connectivity index is 2.24. The van der Waals surface area contributed by atoms with Crippen LogP contribution in [0.15, 0.2) is 36.4 Å². The zero-order valence-corrected chi connectivity index (χ0v) is 11.6. The van der Waals surface area contributed by atoms with Crippen LogP contribution >= 0.6 is 0 Å². The summed E-state index contributed by atoms with van der Waals surface area (Å²) in [6, 6.07) is 8.93. The number of nitrogens with one attached hydrogen (secondary N) is 2. The van der Waals surface area contributed by atoms with Gasteiger partial charge in [-0.3, -0.25) is 9.59 Å². The number of aromatic nitrogens is 1. The summed E-state index contributed by atoms with van der Waals surface area (Å²) in [4.78, 5) is 27.2. The summed E-state index contributed by atoms with van der Waals surface area (Å²) in [5, 5.41) is 5.02. The predicted molar refractivity (Wildman–Crippen MR) is 77.6 cm³/mol. The van der Waals surface area contributed by atoms with Gasteiger partial charge < -0.3 is 10.6 Å². The lowest BCUT2D eigenvalue weighted by Crippen LogP contribution is -2.16. The smallest absolute Gasteiger partial charge is 0.259 e. The second-order valence-electron chi connectivity index (χ2n) is 4.49. The van der Waals surface area contributed by atoms with Crippen molar-refractivity contribution in [2.75, 3.05) is 10.6 Å². The molecule has 0 unspecified atom stereocenters. The van der Waals surface area contributed by atoms with Crippen molar-refractivity contribution in [3.8, 4) is 0 Å². The molecule has 21 heavy (non-hydrogen) atoms. The lowest BCUT2D eigenvalue weighted by Gasteiger charge is -2.08. The van der Waals surface area contributed by atoms with Crippen LogP contribution in [0.25, 0.3) is 0 Å². The summed E-state index contributed by atoms with van der Waals surface area (Å²) in [5.74, 6) is -1.26. The van der Waals surface area contributed by atoms with Crippen molar-refractivity contribution in [2.24, 2.45) is 0 Å². The van der Waals surface area contributed by atoms with Gasteiger partial charge in [-0.25, -0.2) is 9.37 Å². The molecule has 0 aliphatic carbocycles. The molecule has 0 aliphatic heterocycles. The fourth-order valence-electron chi connectivity index (χ4n) is 1.78. The van der Waals surface area contributed by atoms with Crippen LogP contribution in [0.1, 0.15) is 23.0 Å². The minimum atomic E-state index is -0.672. The fraction of sp³-hybridized carbons (Fsp3) is 0.133. The van der Waals surface area contributed by atoms with Crippen LogP contribution < -0.4 is 10.6 Å². The maximum absolute atomic E-state index is 13.7. The van der Waals surface area contributed by atoms with Gasteiger partial charge >= 0.3 is 0 Å². The average Bonchev–Trinajstić information content (AvgIpc) is 2.40. The van der Waals surface area contributed by atoms with Gasteiger partial charge in [0.25, 0.3) is 5.91 Å². The molecule has 1 heterocycles. The molecule has 0 saturated heterocycles. The molecule has 0 saturated carbocycles. The maximum atomic E-state index is 13.7. The van der Waals surface area contributed by atoms with Crippen LogP contribution in [0.3, 0.4) is 0 Å². The predicted octanol–water partition coefficient (Wildman–Crippen LogP) is 2.74. The third kappa shape index (κ3) is 3.85. The zero-order chi connectivity index (χ0) is 15.4. The molecule has 0 bridgehead atoms. The van der Waals surface area contributed by atoms with E-state index < -0.39 is 11.7 Å². The first-order chi connectivity index (χ1) is 9.95. The number of anilines is 2. The van der Waals surface area contributed by atoms with Gasteiger partial charge in [0.2, 0.25) is 5.91 Å². The highest BCUT2D eigenvalue weighted by molar-refractivity contribution is 6.05. The summed E-state index contributed by atoms with van der Waals surface area (Å²) in [6.45, 7) is 3.12. The van der Waals surface area contributed by atoms with Crippen LogP contribution in [0.5, 0.6) is 0 Å². The van der Waals surface area contributed by atoms with Gasteiger partial charge in [-0.2, -0.15) is 0 Å². The van der Waals surface area contributed by atoms with Crippen LogP contribution in [0.4, 0.5) is 15.9 Å². The number of nitrogens with zero attached hydrogens (tertiary/aromatic N) is 1. The largest absolute Gasteiger partial charge is 0.326 e. The molecule has 0 radical (unpaired) electrons. The molecule has 0 fully saturated rings. The number of carbonyl (C=O) groups is 2. The highest BCUT2D eigenvalue weighted by atomic mass is 19.1. The summed E-state index contributed by atoms with van der Waals surface area (Å²) in [5.41, 5.74) is 0.927. The normalized spacial score (nSPS) is 10.0. The number of aryl methyl sites for hydroxylation is 1. The van der Waals surface area contributed by atoms with E-state index >= 15 is 0 Å². The van der Waals surface area contributed by atoms with Gasteiger partial charge in [-0.05, 0) is 37.3 Å². The van der Waals surface area contributed by atoms with Gasteiger partial charge in [-0.1, -0.05) is 6.07 Å². The van der Waals surface area contributed by atoms with Crippen molar-refractivity contribution in [3.63, 3.8) is 0 Å². The lowest BCUT2D eigenvalue weighted by atomic mass is 10.1. The van der Waals surface area contributed by atoms with Crippen molar-refractivity contribution < 1.29 is 14.0 Å². The molecular formula is C15H14FN3O2. The van der Waals surface area contributed by atoms with E-state index in [1.54, 1.807) is 25.1 Å². The van der Waals surface area contributed by atoms with E-state index in [0.717, 1.165) is 11.8 Å². The van der Waals surface area contributed by atoms with E-state index in [9.17, 15) is 14.0 Å². The van der Waals surface area contributed by atoms with E-state index in [1.807, 2.05) is 0 Å². The highest BCUT2D eigenvalue weighted by Gasteiger charge is 2.13. The van der Waals surface area contributed by atoms with Crippen molar-refractivity contribution in [1.29, 1.82) is 0 Å². The van der Waals surface area contributed by atoms with E-state index in [0.29, 0.717) is 11.5 Å². The molecule has 1 aromatic heterocycles. The van der Waals surface area contributed by atoms with Crippen molar-refractivity contribution >= 4 is 23.3 Å². The number of rotatable bonds is 3. The average molecular weight is 287 g/mol. The Labute approximate surface area is 121 Å². The third-order valence-electron chi connectivity index (χ3n) is 2.66. The molecule has 1 aromatic carbocycles. The number of amides is 2. The second kappa shape index (κ2) is 6.13. The molecule has 2 aromatic rings. The Bertz CT molecular complexity index is 701. The van der Waals surface area contributed by atoms with Crippen molar-refractivity contribution in [3.05, 3.63) is 53.5 Å². The molecule has 2 N–H and O–H groups in total. The van der Waals surface area contributed by atoms with Crippen LogP contribution in [0.2, 0.25) is 0 Å². The first-order valence-corrected chi connectivity index (χ1v) is 6.28. The molecule has 6 heteroatoms. The molecular weight excluding hydrogens is 273 g/mol. The molecule has 108 valence electrons. The minimum absolute atomic E-state index is 0.162. The molecule has 2 rings (SSSR count). The van der Waals surface area contributed by atoms with Gasteiger partial charge in [0, 0.05) is 18.3 Å². The number of benzene rings is 1. The number of hydrogen-bond donors (Lipinski definition) is 2. The van der Waals surface area contributed by atoms with Gasteiger partial charge in [-0.15, -0.1) is 0 Å². The quantitative estimate of drug-likeness (QED) is 0.911. The van der Waals surface area contributed by atoms with Crippen LogP contribution in [-0.4, -0.2) is 16.8 Å². The van der Waals surface area contributed by atoms with Crippen molar-refractivity contribution in [2.45, 2.75) is 13.8 Å². The Kier molecular flexibility index (Phi) is 4.27. The standard InChI is InChI=1S/C15H14FN3O2/c1-9-4-3-5-14(17-9)19-15(21)12-8-11(18-10(2)20)6-7-13(12)16/h3-8H,1-2H3,(H,18,20)(H,17,19,21). The van der Waals surface area contributed by atoms with Crippen molar-refractivity contribution in [1.82, 2.24) is 4.98 Å². The molecule has 5 nitrogen and oxygen atoms in total. The van der Waals surface area contributed by atoms with E-state index in [1.165, 1.54) is 19.1 Å². The molecule has 2 amide bonds. The van der Waals surface area contributed by atoms with E-state index in [2.05, 4.69) is 15.6 Å². The van der Waals surface area contributed by atoms with Crippen LogP contribution in [0, 0.1) is 12.7 Å². The lowest BCUT2D eigenvalue weighted by molar-refractivity contribution is -0.114. The SMILES string of the molecule is CC(=O)Nc1ccc(F)c(C(=O)Nc2cccc(C)n2)c1. The van der Waals surface area contributed by atoms with E-state index in [-0.39, 0.29) is 11.5 Å². The third-order valence-corrected chi connectivity index (χ3v) is 2.66.